The van der Waals surface area contributed by atoms with Crippen LogP contribution in [0.15, 0.2) is 41.8 Å². The molecule has 6 heteroatoms. The molecule has 0 aliphatic rings. The number of hydrogen-bond acceptors (Lipinski definition) is 4. The molecule has 130 valence electrons. The average Bonchev–Trinajstić information content (AvgIpc) is 3.09. The minimum atomic E-state index is -0.338. The normalized spacial score (nSPS) is 10.8. The topological polar surface area (TPSA) is 42.4 Å². The molecule has 0 saturated heterocycles. The first-order chi connectivity index (χ1) is 12.1. The van der Waals surface area contributed by atoms with Crippen LogP contribution in [0.1, 0.15) is 13.8 Å². The highest BCUT2D eigenvalue weighted by molar-refractivity contribution is 7.17. The van der Waals surface area contributed by atoms with Crippen LogP contribution in [0.3, 0.4) is 0 Å². The molecule has 1 aromatic carbocycles. The zero-order valence-corrected chi connectivity index (χ0v) is 15.0. The third-order valence-electron chi connectivity index (χ3n) is 3.99. The van der Waals surface area contributed by atoms with E-state index >= 15 is 0 Å². The molecule has 0 N–H and O–H groups in total. The molecule has 2 heterocycles. The van der Waals surface area contributed by atoms with Crippen molar-refractivity contribution in [2.75, 3.05) is 19.7 Å². The number of nitrogens with zero attached hydrogens (tertiary/aromatic N) is 2. The molecule has 1 amide bonds. The summed E-state index contributed by atoms with van der Waals surface area (Å²) in [6.45, 7) is 5.10. The van der Waals surface area contributed by atoms with E-state index < -0.39 is 0 Å². The van der Waals surface area contributed by atoms with E-state index in [1.807, 2.05) is 25.3 Å². The van der Waals surface area contributed by atoms with Gasteiger partial charge in [0.25, 0.3) is 5.91 Å². The van der Waals surface area contributed by atoms with Gasteiger partial charge in [0, 0.05) is 24.7 Å². The molecule has 0 saturated carbocycles. The van der Waals surface area contributed by atoms with Crippen molar-refractivity contribution in [2.24, 2.45) is 0 Å². The summed E-state index contributed by atoms with van der Waals surface area (Å²) in [5.41, 5.74) is 1.64. The van der Waals surface area contributed by atoms with Crippen molar-refractivity contribution in [1.82, 2.24) is 9.88 Å². The molecule has 0 bridgehead atoms. The number of thiophene rings is 1. The Bertz CT molecular complexity index is 890. The minimum absolute atomic E-state index is 0.0462. The lowest BCUT2D eigenvalue weighted by Crippen LogP contribution is -2.34. The molecule has 25 heavy (non-hydrogen) atoms. The number of halogens is 1. The van der Waals surface area contributed by atoms with E-state index in [4.69, 9.17) is 4.74 Å². The van der Waals surface area contributed by atoms with Crippen molar-refractivity contribution in [1.29, 1.82) is 0 Å². The number of ether oxygens (including phenoxy) is 1. The van der Waals surface area contributed by atoms with Gasteiger partial charge in [-0.05, 0) is 37.4 Å². The van der Waals surface area contributed by atoms with Gasteiger partial charge in [-0.1, -0.05) is 12.1 Å². The number of carbonyl (C=O) groups excluding carboxylic acids is 1. The Labute approximate surface area is 149 Å². The molecule has 0 unspecified atom stereocenters. The molecule has 0 atom stereocenters. The van der Waals surface area contributed by atoms with Crippen molar-refractivity contribution in [3.05, 3.63) is 47.6 Å². The van der Waals surface area contributed by atoms with Crippen LogP contribution < -0.4 is 4.74 Å². The first kappa shape index (κ1) is 17.4. The minimum Gasteiger partial charge on any atom is -0.482 e. The van der Waals surface area contributed by atoms with Crippen molar-refractivity contribution in [3.63, 3.8) is 0 Å². The summed E-state index contributed by atoms with van der Waals surface area (Å²) in [5, 5.41) is 1.90. The van der Waals surface area contributed by atoms with Crippen LogP contribution in [0, 0.1) is 5.82 Å². The highest BCUT2D eigenvalue weighted by Gasteiger charge is 2.15. The third kappa shape index (κ3) is 3.64. The van der Waals surface area contributed by atoms with Gasteiger partial charge in [-0.2, -0.15) is 0 Å². The maximum absolute atomic E-state index is 14.1. The average molecular weight is 358 g/mol. The van der Waals surface area contributed by atoms with Crippen LogP contribution in [0.2, 0.25) is 0 Å². The molecule has 4 nitrogen and oxygen atoms in total. The van der Waals surface area contributed by atoms with E-state index in [-0.39, 0.29) is 18.3 Å². The molecule has 0 aliphatic heterocycles. The Morgan fingerprint density at radius 1 is 1.24 bits per heavy atom. The quantitative estimate of drug-likeness (QED) is 0.658. The van der Waals surface area contributed by atoms with Gasteiger partial charge in [-0.3, -0.25) is 4.79 Å². The predicted molar refractivity (Wildman–Crippen MR) is 98.4 cm³/mol. The van der Waals surface area contributed by atoms with Gasteiger partial charge in [-0.15, -0.1) is 11.3 Å². The maximum Gasteiger partial charge on any atom is 0.260 e. The van der Waals surface area contributed by atoms with Gasteiger partial charge in [0.1, 0.15) is 11.6 Å². The lowest BCUT2D eigenvalue weighted by atomic mass is 10.1. The maximum atomic E-state index is 14.1. The van der Waals surface area contributed by atoms with Crippen molar-refractivity contribution < 1.29 is 13.9 Å². The summed E-state index contributed by atoms with van der Waals surface area (Å²) in [7, 11) is 0. The molecule has 0 aliphatic carbocycles. The van der Waals surface area contributed by atoms with Gasteiger partial charge >= 0.3 is 0 Å². The summed E-state index contributed by atoms with van der Waals surface area (Å²) in [6, 6.07) is 10.1. The van der Waals surface area contributed by atoms with Crippen LogP contribution in [-0.4, -0.2) is 35.5 Å². The molecule has 0 spiro atoms. The van der Waals surface area contributed by atoms with E-state index in [1.165, 1.54) is 17.4 Å². The van der Waals surface area contributed by atoms with Crippen molar-refractivity contribution >= 4 is 27.5 Å². The number of benzene rings is 1. The molecular weight excluding hydrogens is 339 g/mol. The molecule has 0 fully saturated rings. The fraction of sp³-hybridized carbons (Fsp3) is 0.263. The number of fused-ring (bicyclic) bond motifs is 1. The SMILES string of the molecule is CCN(CC)C(=O)COc1cc(-c2ccccc2F)nc2ccsc12. The Kier molecular flexibility index (Phi) is 5.28. The third-order valence-corrected chi connectivity index (χ3v) is 4.91. The number of rotatable bonds is 6. The van der Waals surface area contributed by atoms with E-state index in [2.05, 4.69) is 4.98 Å². The summed E-state index contributed by atoms with van der Waals surface area (Å²) >= 11 is 1.49. The number of pyridine rings is 1. The smallest absolute Gasteiger partial charge is 0.260 e. The number of hydrogen-bond donors (Lipinski definition) is 0. The number of aromatic nitrogens is 1. The van der Waals surface area contributed by atoms with Crippen molar-refractivity contribution in [3.8, 4) is 17.0 Å². The largest absolute Gasteiger partial charge is 0.482 e. The fourth-order valence-corrected chi connectivity index (χ4v) is 3.45. The van der Waals surface area contributed by atoms with Gasteiger partial charge in [0.15, 0.2) is 6.61 Å². The summed E-state index contributed by atoms with van der Waals surface area (Å²) < 4.78 is 20.7. The summed E-state index contributed by atoms with van der Waals surface area (Å²) in [4.78, 5) is 18.4. The Morgan fingerprint density at radius 2 is 2.00 bits per heavy atom. The Balaban J connectivity index is 1.93. The molecule has 2 aromatic heterocycles. The Hall–Kier alpha value is -2.47. The molecule has 3 aromatic rings. The van der Waals surface area contributed by atoms with Crippen molar-refractivity contribution in [2.45, 2.75) is 13.8 Å². The van der Waals surface area contributed by atoms with E-state index in [0.29, 0.717) is 30.1 Å². The number of carbonyl (C=O) groups is 1. The second-order valence-corrected chi connectivity index (χ2v) is 6.39. The second kappa shape index (κ2) is 7.61. The van der Waals surface area contributed by atoms with Crippen LogP contribution in [0.4, 0.5) is 4.39 Å². The molecular formula is C19H19FN2O2S. The highest BCUT2D eigenvalue weighted by atomic mass is 32.1. The zero-order valence-electron chi connectivity index (χ0n) is 14.2. The lowest BCUT2D eigenvalue weighted by molar-refractivity contribution is -0.132. The first-order valence-electron chi connectivity index (χ1n) is 8.17. The standard InChI is InChI=1S/C19H19FN2O2S/c1-3-22(4-2)18(23)12-24-17-11-16(13-7-5-6-8-14(13)20)21-15-9-10-25-19(15)17/h5-11H,3-4,12H2,1-2H3. The van der Waals surface area contributed by atoms with E-state index in [9.17, 15) is 9.18 Å². The van der Waals surface area contributed by atoms with E-state index in [0.717, 1.165) is 10.2 Å². The van der Waals surface area contributed by atoms with Crippen LogP contribution >= 0.6 is 11.3 Å². The lowest BCUT2D eigenvalue weighted by Gasteiger charge is -2.19. The predicted octanol–water partition coefficient (Wildman–Crippen LogP) is 4.35. The summed E-state index contributed by atoms with van der Waals surface area (Å²) in [5.74, 6) is 0.146. The van der Waals surface area contributed by atoms with Gasteiger partial charge in [0.05, 0.1) is 15.9 Å². The monoisotopic (exact) mass is 358 g/mol. The summed E-state index contributed by atoms with van der Waals surface area (Å²) in [6.07, 6.45) is 0. The molecule has 3 rings (SSSR count). The second-order valence-electron chi connectivity index (χ2n) is 5.48. The molecule has 0 radical (unpaired) electrons. The number of amides is 1. The van der Waals surface area contributed by atoms with Crippen LogP contribution in [0.5, 0.6) is 5.75 Å². The first-order valence-corrected chi connectivity index (χ1v) is 9.05. The fourth-order valence-electron chi connectivity index (χ4n) is 2.65. The van der Waals surface area contributed by atoms with Gasteiger partial charge in [-0.25, -0.2) is 9.37 Å². The van der Waals surface area contributed by atoms with Crippen LogP contribution in [-0.2, 0) is 4.79 Å². The van der Waals surface area contributed by atoms with Gasteiger partial charge in [0.2, 0.25) is 0 Å². The highest BCUT2D eigenvalue weighted by Crippen LogP contribution is 2.34. The number of likely N-dealkylation sites (N-methyl/N-ethyl adjacent to an activating group) is 1. The Morgan fingerprint density at radius 3 is 2.72 bits per heavy atom. The van der Waals surface area contributed by atoms with Gasteiger partial charge < -0.3 is 9.64 Å². The van der Waals surface area contributed by atoms with E-state index in [1.54, 1.807) is 29.2 Å². The zero-order chi connectivity index (χ0) is 17.8. The van der Waals surface area contributed by atoms with Crippen LogP contribution in [0.25, 0.3) is 21.5 Å².